The first kappa shape index (κ1) is 12.6. The molecular weight excluding hydrogens is 276 g/mol. The molecule has 22 heavy (non-hydrogen) atoms. The number of fused-ring (bicyclic) bond motifs is 9. The summed E-state index contributed by atoms with van der Waals surface area (Å²) in [6.07, 6.45) is 4.80. The molecule has 0 heterocycles. The van der Waals surface area contributed by atoms with Crippen LogP contribution in [0.3, 0.4) is 0 Å². The van der Waals surface area contributed by atoms with Gasteiger partial charge in [0, 0.05) is 17.8 Å². The maximum atomic E-state index is 12.7. The van der Waals surface area contributed by atoms with E-state index in [0.717, 1.165) is 17.7 Å². The van der Waals surface area contributed by atoms with E-state index in [0.29, 0.717) is 11.6 Å². The lowest BCUT2D eigenvalue weighted by Crippen LogP contribution is -2.37. The van der Waals surface area contributed by atoms with Crippen LogP contribution in [0.4, 0.5) is 0 Å². The lowest BCUT2D eigenvalue weighted by atomic mass is 9.72. The van der Waals surface area contributed by atoms with Crippen LogP contribution in [0.5, 0.6) is 5.75 Å². The Balaban J connectivity index is 1.46. The van der Waals surface area contributed by atoms with Crippen LogP contribution < -0.4 is 4.74 Å². The summed E-state index contributed by atoms with van der Waals surface area (Å²) in [4.78, 5) is 25.0. The summed E-state index contributed by atoms with van der Waals surface area (Å²) in [6, 6.07) is 7.98. The van der Waals surface area contributed by atoms with Crippen molar-refractivity contribution in [3.05, 3.63) is 42.0 Å². The average molecular weight is 294 g/mol. The summed E-state index contributed by atoms with van der Waals surface area (Å²) in [6.45, 7) is 2.04. The second kappa shape index (κ2) is 4.09. The molecule has 1 aromatic carbocycles. The van der Waals surface area contributed by atoms with Crippen LogP contribution in [-0.4, -0.2) is 17.7 Å². The SMILES string of the molecule is Cc1cccc(OC2CC3C(=O)C2C2C4C=CC(C4=O)C32)c1. The van der Waals surface area contributed by atoms with E-state index in [2.05, 4.69) is 0 Å². The van der Waals surface area contributed by atoms with Gasteiger partial charge in [-0.05, 0) is 42.9 Å². The van der Waals surface area contributed by atoms with Crippen LogP contribution >= 0.6 is 0 Å². The molecule has 0 spiro atoms. The fourth-order valence-electron chi connectivity index (χ4n) is 5.46. The number of allylic oxidation sites excluding steroid dienone is 2. The fourth-order valence-corrected chi connectivity index (χ4v) is 5.46. The minimum atomic E-state index is -0.0839. The first-order chi connectivity index (χ1) is 10.6. The van der Waals surface area contributed by atoms with E-state index < -0.39 is 0 Å². The number of ether oxygens (including phenoxy) is 1. The number of rotatable bonds is 2. The molecule has 0 N–H and O–H groups in total. The zero-order chi connectivity index (χ0) is 15.0. The van der Waals surface area contributed by atoms with Gasteiger partial charge in [-0.1, -0.05) is 24.3 Å². The normalized spacial score (nSPS) is 44.0. The third-order valence-corrected chi connectivity index (χ3v) is 6.19. The summed E-state index contributed by atoms with van der Waals surface area (Å²) in [5.41, 5.74) is 1.16. The maximum absolute atomic E-state index is 12.7. The fraction of sp³-hybridized carbons (Fsp3) is 0.474. The van der Waals surface area contributed by atoms with Crippen molar-refractivity contribution in [3.8, 4) is 5.75 Å². The molecule has 3 saturated carbocycles. The van der Waals surface area contributed by atoms with Gasteiger partial charge >= 0.3 is 0 Å². The van der Waals surface area contributed by atoms with Gasteiger partial charge in [0.2, 0.25) is 0 Å². The zero-order valence-electron chi connectivity index (χ0n) is 12.4. The second-order valence-corrected chi connectivity index (χ2v) is 7.24. The number of hydrogen-bond acceptors (Lipinski definition) is 3. The van der Waals surface area contributed by atoms with Crippen molar-refractivity contribution in [1.82, 2.24) is 0 Å². The average Bonchev–Trinajstić information content (AvgIpc) is 3.17. The molecule has 3 heteroatoms. The highest BCUT2D eigenvalue weighted by molar-refractivity contribution is 5.99. The van der Waals surface area contributed by atoms with E-state index in [9.17, 15) is 9.59 Å². The lowest BCUT2D eigenvalue weighted by Gasteiger charge is -2.34. The van der Waals surface area contributed by atoms with Crippen molar-refractivity contribution < 1.29 is 14.3 Å². The molecule has 0 aliphatic heterocycles. The largest absolute Gasteiger partial charge is 0.490 e. The molecule has 4 bridgehead atoms. The van der Waals surface area contributed by atoms with Gasteiger partial charge in [-0.3, -0.25) is 9.59 Å². The molecule has 5 rings (SSSR count). The van der Waals surface area contributed by atoms with E-state index >= 15 is 0 Å². The number of benzene rings is 1. The van der Waals surface area contributed by atoms with Crippen molar-refractivity contribution in [3.63, 3.8) is 0 Å². The van der Waals surface area contributed by atoms with E-state index in [1.165, 1.54) is 0 Å². The van der Waals surface area contributed by atoms with E-state index in [-0.39, 0.29) is 41.6 Å². The first-order valence-corrected chi connectivity index (χ1v) is 8.14. The van der Waals surface area contributed by atoms with Crippen LogP contribution in [0.1, 0.15) is 12.0 Å². The number of Topliss-reactive ketones (excluding diaryl/α,β-unsaturated/α-hetero) is 2. The molecule has 0 amide bonds. The highest BCUT2D eigenvalue weighted by atomic mass is 16.5. The topological polar surface area (TPSA) is 43.4 Å². The van der Waals surface area contributed by atoms with Crippen LogP contribution in [0.25, 0.3) is 0 Å². The predicted molar refractivity (Wildman–Crippen MR) is 80.3 cm³/mol. The van der Waals surface area contributed by atoms with Crippen molar-refractivity contribution in [2.75, 3.05) is 0 Å². The van der Waals surface area contributed by atoms with Gasteiger partial charge in [-0.2, -0.15) is 0 Å². The predicted octanol–water partition coefficient (Wildman–Crippen LogP) is 2.58. The van der Waals surface area contributed by atoms with Gasteiger partial charge in [-0.25, -0.2) is 0 Å². The van der Waals surface area contributed by atoms with Crippen molar-refractivity contribution in [2.24, 2.45) is 35.5 Å². The van der Waals surface area contributed by atoms with Gasteiger partial charge in [0.05, 0.1) is 5.92 Å². The summed E-state index contributed by atoms with van der Waals surface area (Å²) < 4.78 is 6.16. The third-order valence-electron chi connectivity index (χ3n) is 6.19. The Morgan fingerprint density at radius 3 is 2.59 bits per heavy atom. The molecule has 112 valence electrons. The van der Waals surface area contributed by atoms with E-state index in [1.807, 2.05) is 43.3 Å². The van der Waals surface area contributed by atoms with Crippen LogP contribution in [0.15, 0.2) is 36.4 Å². The minimum Gasteiger partial charge on any atom is -0.490 e. The van der Waals surface area contributed by atoms with E-state index in [4.69, 9.17) is 4.74 Å². The van der Waals surface area contributed by atoms with Crippen molar-refractivity contribution >= 4 is 11.6 Å². The molecular formula is C19H18O3. The molecule has 3 nitrogen and oxygen atoms in total. The zero-order valence-corrected chi connectivity index (χ0v) is 12.4. The number of aryl methyl sites for hydroxylation is 1. The molecule has 7 atom stereocenters. The molecule has 3 fully saturated rings. The van der Waals surface area contributed by atoms with E-state index in [1.54, 1.807) is 0 Å². The maximum Gasteiger partial charge on any atom is 0.147 e. The molecule has 4 aliphatic rings. The number of hydrogen-bond donors (Lipinski definition) is 0. The Labute approximate surface area is 129 Å². The Morgan fingerprint density at radius 2 is 1.82 bits per heavy atom. The second-order valence-electron chi connectivity index (χ2n) is 7.24. The van der Waals surface area contributed by atoms with Crippen LogP contribution in [-0.2, 0) is 9.59 Å². The molecule has 0 saturated heterocycles. The Hall–Kier alpha value is -1.90. The van der Waals surface area contributed by atoms with Gasteiger partial charge in [0.1, 0.15) is 23.4 Å². The Morgan fingerprint density at radius 1 is 1.05 bits per heavy atom. The highest BCUT2D eigenvalue weighted by Crippen LogP contribution is 2.62. The molecule has 1 aromatic rings. The molecule has 7 unspecified atom stereocenters. The summed E-state index contributed by atoms with van der Waals surface area (Å²) in [7, 11) is 0. The van der Waals surface area contributed by atoms with Gasteiger partial charge in [0.15, 0.2) is 0 Å². The summed E-state index contributed by atoms with van der Waals surface area (Å²) in [5.74, 6) is 1.92. The standard InChI is InChI=1S/C19H18O3/c1-9-3-2-4-10(7-9)22-14-8-13-15-11-5-6-12(18(11)20)16(15)17(14)19(13)21/h2-7,11-17H,8H2,1H3. The van der Waals surface area contributed by atoms with Crippen molar-refractivity contribution in [1.29, 1.82) is 0 Å². The first-order valence-electron chi connectivity index (χ1n) is 8.14. The van der Waals surface area contributed by atoms with Gasteiger partial charge in [-0.15, -0.1) is 0 Å². The Bertz CT molecular complexity index is 719. The smallest absolute Gasteiger partial charge is 0.147 e. The lowest BCUT2D eigenvalue weighted by molar-refractivity contribution is -0.125. The molecule has 0 aromatic heterocycles. The number of carbonyl (C=O) groups is 2. The number of ketones is 2. The number of carbonyl (C=O) groups excluding carboxylic acids is 2. The van der Waals surface area contributed by atoms with Gasteiger partial charge in [0.25, 0.3) is 0 Å². The highest BCUT2D eigenvalue weighted by Gasteiger charge is 2.69. The summed E-state index contributed by atoms with van der Waals surface area (Å²) >= 11 is 0. The minimum absolute atomic E-state index is 0.00821. The monoisotopic (exact) mass is 294 g/mol. The third kappa shape index (κ3) is 1.42. The van der Waals surface area contributed by atoms with Crippen LogP contribution in [0, 0.1) is 42.4 Å². The van der Waals surface area contributed by atoms with Crippen molar-refractivity contribution in [2.45, 2.75) is 19.4 Å². The molecule has 4 aliphatic carbocycles. The summed E-state index contributed by atoms with van der Waals surface area (Å²) in [5, 5.41) is 0. The Kier molecular flexibility index (Phi) is 2.35. The molecule has 0 radical (unpaired) electrons. The van der Waals surface area contributed by atoms with Gasteiger partial charge < -0.3 is 4.74 Å². The van der Waals surface area contributed by atoms with Crippen LogP contribution in [0.2, 0.25) is 0 Å². The quantitative estimate of drug-likeness (QED) is 0.622.